The molecule has 100 valence electrons. The predicted octanol–water partition coefficient (Wildman–Crippen LogP) is 1.19. The van der Waals surface area contributed by atoms with E-state index in [9.17, 15) is 8.42 Å². The van der Waals surface area contributed by atoms with Crippen LogP contribution in [0.4, 0.5) is 0 Å². The second-order valence-electron chi connectivity index (χ2n) is 5.68. The van der Waals surface area contributed by atoms with Crippen molar-refractivity contribution in [2.75, 3.05) is 18.8 Å². The van der Waals surface area contributed by atoms with Crippen LogP contribution >= 0.6 is 0 Å². The summed E-state index contributed by atoms with van der Waals surface area (Å²) in [5.41, 5.74) is 0. The van der Waals surface area contributed by atoms with Gasteiger partial charge in [-0.25, -0.2) is 8.42 Å². The molecule has 2 aliphatic rings. The van der Waals surface area contributed by atoms with Crippen molar-refractivity contribution in [3.8, 4) is 0 Å². The first-order valence-corrected chi connectivity index (χ1v) is 8.33. The molecule has 0 aromatic carbocycles. The Morgan fingerprint density at radius 1 is 1.29 bits per heavy atom. The molecular formula is C12H24N2O2S. The zero-order valence-electron chi connectivity index (χ0n) is 10.9. The lowest BCUT2D eigenvalue weighted by atomic mass is 10.2. The molecule has 0 radical (unpaired) electrons. The van der Waals surface area contributed by atoms with E-state index < -0.39 is 10.0 Å². The van der Waals surface area contributed by atoms with Gasteiger partial charge < -0.3 is 5.32 Å². The van der Waals surface area contributed by atoms with E-state index in [1.807, 2.05) is 13.8 Å². The zero-order chi connectivity index (χ0) is 12.5. The Hall–Kier alpha value is -0.130. The van der Waals surface area contributed by atoms with Crippen molar-refractivity contribution in [1.29, 1.82) is 0 Å². The molecule has 0 spiro atoms. The number of sulfonamides is 1. The molecule has 0 bridgehead atoms. The summed E-state index contributed by atoms with van der Waals surface area (Å²) >= 11 is 0. The number of nitrogens with zero attached hydrogens (tertiary/aromatic N) is 1. The smallest absolute Gasteiger partial charge is 0.214 e. The fourth-order valence-corrected chi connectivity index (χ4v) is 4.62. The van der Waals surface area contributed by atoms with Gasteiger partial charge in [-0.2, -0.15) is 4.31 Å². The molecule has 1 heterocycles. The maximum absolute atomic E-state index is 12.3. The molecule has 0 aromatic heterocycles. The minimum atomic E-state index is -3.05. The lowest BCUT2D eigenvalue weighted by molar-refractivity contribution is 0.322. The second-order valence-corrected chi connectivity index (χ2v) is 7.64. The maximum Gasteiger partial charge on any atom is 0.214 e. The third-order valence-corrected chi connectivity index (χ3v) is 5.82. The molecule has 2 fully saturated rings. The van der Waals surface area contributed by atoms with Crippen LogP contribution in [0.2, 0.25) is 0 Å². The van der Waals surface area contributed by atoms with E-state index in [1.165, 1.54) is 6.42 Å². The standard InChI is InChI=1S/C12H24N2O2S/c1-10(2)14(8-12-4-3-7-13-12)17(15,16)9-11-5-6-11/h10-13H,3-9H2,1-2H3. The van der Waals surface area contributed by atoms with E-state index in [2.05, 4.69) is 5.32 Å². The van der Waals surface area contributed by atoms with E-state index in [0.29, 0.717) is 24.3 Å². The number of nitrogens with one attached hydrogen (secondary N) is 1. The van der Waals surface area contributed by atoms with Crippen LogP contribution < -0.4 is 5.32 Å². The van der Waals surface area contributed by atoms with Gasteiger partial charge in [-0.3, -0.25) is 0 Å². The van der Waals surface area contributed by atoms with Crippen LogP contribution in [0.25, 0.3) is 0 Å². The van der Waals surface area contributed by atoms with Gasteiger partial charge in [0.1, 0.15) is 0 Å². The number of rotatable bonds is 6. The third-order valence-electron chi connectivity index (χ3n) is 3.64. The van der Waals surface area contributed by atoms with Crippen LogP contribution in [0.3, 0.4) is 0 Å². The molecule has 1 aliphatic heterocycles. The quantitative estimate of drug-likeness (QED) is 0.780. The highest BCUT2D eigenvalue weighted by atomic mass is 32.2. The van der Waals surface area contributed by atoms with Crippen LogP contribution in [-0.2, 0) is 10.0 Å². The summed E-state index contributed by atoms with van der Waals surface area (Å²) in [5, 5.41) is 3.38. The summed E-state index contributed by atoms with van der Waals surface area (Å²) in [4.78, 5) is 0. The summed E-state index contributed by atoms with van der Waals surface area (Å²) in [7, 11) is -3.05. The van der Waals surface area contributed by atoms with E-state index in [4.69, 9.17) is 0 Å². The Morgan fingerprint density at radius 2 is 2.00 bits per heavy atom. The van der Waals surface area contributed by atoms with Gasteiger partial charge >= 0.3 is 0 Å². The van der Waals surface area contributed by atoms with Gasteiger partial charge in [0.2, 0.25) is 10.0 Å². The molecule has 0 amide bonds. The lowest BCUT2D eigenvalue weighted by Crippen LogP contribution is -2.45. The average molecular weight is 260 g/mol. The summed E-state index contributed by atoms with van der Waals surface area (Å²) in [6.07, 6.45) is 4.45. The minimum Gasteiger partial charge on any atom is -0.313 e. The monoisotopic (exact) mass is 260 g/mol. The first-order chi connectivity index (χ1) is 7.99. The zero-order valence-corrected chi connectivity index (χ0v) is 11.7. The van der Waals surface area contributed by atoms with E-state index in [0.717, 1.165) is 25.8 Å². The molecular weight excluding hydrogens is 236 g/mol. The Bertz CT molecular complexity index is 344. The highest BCUT2D eigenvalue weighted by Gasteiger charge is 2.34. The Morgan fingerprint density at radius 3 is 2.47 bits per heavy atom. The highest BCUT2D eigenvalue weighted by Crippen LogP contribution is 2.31. The SMILES string of the molecule is CC(C)N(CC1CCCN1)S(=O)(=O)CC1CC1. The molecule has 1 aliphatic carbocycles. The lowest BCUT2D eigenvalue weighted by Gasteiger charge is -2.28. The first-order valence-electron chi connectivity index (χ1n) is 6.72. The Labute approximate surface area is 105 Å². The molecule has 1 unspecified atom stereocenters. The number of hydrogen-bond donors (Lipinski definition) is 1. The van der Waals surface area contributed by atoms with Crippen molar-refractivity contribution in [2.45, 2.75) is 51.6 Å². The summed E-state index contributed by atoms with van der Waals surface area (Å²) in [6.45, 7) is 5.62. The van der Waals surface area contributed by atoms with E-state index in [-0.39, 0.29) is 6.04 Å². The maximum atomic E-state index is 12.3. The van der Waals surface area contributed by atoms with Gasteiger partial charge in [0.15, 0.2) is 0 Å². The van der Waals surface area contributed by atoms with Crippen LogP contribution in [0, 0.1) is 5.92 Å². The van der Waals surface area contributed by atoms with Crippen molar-refractivity contribution in [2.24, 2.45) is 5.92 Å². The third kappa shape index (κ3) is 3.66. The van der Waals surface area contributed by atoms with Gasteiger partial charge in [-0.05, 0) is 52.0 Å². The normalized spacial score (nSPS) is 26.0. The van der Waals surface area contributed by atoms with Gasteiger partial charge in [0.25, 0.3) is 0 Å². The second kappa shape index (κ2) is 5.24. The van der Waals surface area contributed by atoms with Gasteiger partial charge in [0.05, 0.1) is 5.75 Å². The molecule has 2 rings (SSSR count). The Kier molecular flexibility index (Phi) is 4.10. The fourth-order valence-electron chi connectivity index (χ4n) is 2.45. The van der Waals surface area contributed by atoms with Crippen molar-refractivity contribution in [3.63, 3.8) is 0 Å². The molecule has 5 heteroatoms. The van der Waals surface area contributed by atoms with Gasteiger partial charge in [0, 0.05) is 18.6 Å². The van der Waals surface area contributed by atoms with Crippen molar-refractivity contribution < 1.29 is 8.42 Å². The predicted molar refractivity (Wildman–Crippen MR) is 69.4 cm³/mol. The molecule has 1 saturated heterocycles. The first kappa shape index (κ1) is 13.3. The molecule has 4 nitrogen and oxygen atoms in total. The summed E-state index contributed by atoms with van der Waals surface area (Å²) in [6, 6.07) is 0.424. The van der Waals surface area contributed by atoms with E-state index >= 15 is 0 Å². The molecule has 0 aromatic rings. The summed E-state index contributed by atoms with van der Waals surface area (Å²) in [5.74, 6) is 0.788. The van der Waals surface area contributed by atoms with Crippen LogP contribution in [0.15, 0.2) is 0 Å². The fraction of sp³-hybridized carbons (Fsp3) is 1.00. The molecule has 1 atom stereocenters. The summed E-state index contributed by atoms with van der Waals surface area (Å²) < 4.78 is 26.3. The molecule has 17 heavy (non-hydrogen) atoms. The Balaban J connectivity index is 1.99. The van der Waals surface area contributed by atoms with Crippen LogP contribution in [0.1, 0.15) is 39.5 Å². The highest BCUT2D eigenvalue weighted by molar-refractivity contribution is 7.89. The van der Waals surface area contributed by atoms with Crippen LogP contribution in [0.5, 0.6) is 0 Å². The molecule has 1 N–H and O–H groups in total. The van der Waals surface area contributed by atoms with Gasteiger partial charge in [-0.1, -0.05) is 0 Å². The van der Waals surface area contributed by atoms with Crippen LogP contribution in [-0.4, -0.2) is 43.6 Å². The van der Waals surface area contributed by atoms with Gasteiger partial charge in [-0.15, -0.1) is 0 Å². The topological polar surface area (TPSA) is 49.4 Å². The average Bonchev–Trinajstić information content (AvgIpc) is 2.88. The molecule has 1 saturated carbocycles. The number of hydrogen-bond acceptors (Lipinski definition) is 3. The largest absolute Gasteiger partial charge is 0.313 e. The minimum absolute atomic E-state index is 0.0705. The van der Waals surface area contributed by atoms with Crippen molar-refractivity contribution in [3.05, 3.63) is 0 Å². The van der Waals surface area contributed by atoms with Crippen molar-refractivity contribution >= 4 is 10.0 Å². The van der Waals surface area contributed by atoms with Crippen molar-refractivity contribution in [1.82, 2.24) is 9.62 Å². The van der Waals surface area contributed by atoms with E-state index in [1.54, 1.807) is 4.31 Å².